The van der Waals surface area contributed by atoms with Gasteiger partial charge in [0.25, 0.3) is 0 Å². The topological polar surface area (TPSA) is 87.0 Å². The molecule has 2 aliphatic rings. The lowest BCUT2D eigenvalue weighted by Gasteiger charge is -2.23. The second-order valence-corrected chi connectivity index (χ2v) is 8.27. The molecule has 0 radical (unpaired) electrons. The van der Waals surface area contributed by atoms with E-state index in [1.165, 1.54) is 12.2 Å². The minimum absolute atomic E-state index is 0.0675. The number of carbonyl (C=O) groups is 1. The summed E-state index contributed by atoms with van der Waals surface area (Å²) < 4.78 is 0. The fourth-order valence-corrected chi connectivity index (χ4v) is 3.72. The van der Waals surface area contributed by atoms with E-state index < -0.39 is 17.8 Å². The van der Waals surface area contributed by atoms with E-state index in [4.69, 9.17) is 0 Å². The number of aliphatic hydroxyl groups is 2. The van der Waals surface area contributed by atoms with Gasteiger partial charge in [0.1, 0.15) is 11.7 Å². The van der Waals surface area contributed by atoms with Gasteiger partial charge in [-0.25, -0.2) is 4.89 Å². The highest BCUT2D eigenvalue weighted by Gasteiger charge is 2.56. The number of carbonyl (C=O) groups excluding carboxylic acids is 1. The lowest BCUT2D eigenvalue weighted by Crippen LogP contribution is -2.26. The van der Waals surface area contributed by atoms with Crippen LogP contribution in [0.2, 0.25) is 0 Å². The molecular weight excluding hydrogens is 320 g/mol. The molecule has 5 nitrogen and oxygen atoms in total. The lowest BCUT2D eigenvalue weighted by molar-refractivity contribution is -0.304. The molecule has 3 unspecified atom stereocenters. The highest BCUT2D eigenvalue weighted by atomic mass is 17.1. The second kappa shape index (κ2) is 7.16. The summed E-state index contributed by atoms with van der Waals surface area (Å²) in [7, 11) is 0. The average molecular weight is 350 g/mol. The van der Waals surface area contributed by atoms with Gasteiger partial charge in [0, 0.05) is 0 Å². The van der Waals surface area contributed by atoms with Gasteiger partial charge >= 0.3 is 0 Å². The summed E-state index contributed by atoms with van der Waals surface area (Å²) in [4.78, 5) is 17.1. The van der Waals surface area contributed by atoms with Crippen molar-refractivity contribution >= 4 is 5.78 Å². The first-order valence-electron chi connectivity index (χ1n) is 8.81. The molecule has 0 aromatic heterocycles. The van der Waals surface area contributed by atoms with E-state index in [0.29, 0.717) is 23.5 Å². The molecule has 1 fully saturated rings. The van der Waals surface area contributed by atoms with Crippen LogP contribution in [0.25, 0.3) is 0 Å². The van der Waals surface area contributed by atoms with E-state index in [0.717, 1.165) is 6.42 Å². The zero-order chi connectivity index (χ0) is 19.0. The van der Waals surface area contributed by atoms with E-state index in [1.54, 1.807) is 26.8 Å². The Hall–Kier alpha value is -1.27. The summed E-state index contributed by atoms with van der Waals surface area (Å²) in [5.41, 5.74) is 0.187. The maximum Gasteiger partial charge on any atom is 0.190 e. The number of Topliss-reactive ketones (excluding diaryl/α,β-unsaturated/α-hetero) is 1. The minimum atomic E-state index is -1.27. The molecule has 0 heterocycles. The van der Waals surface area contributed by atoms with Crippen molar-refractivity contribution in [2.75, 3.05) is 0 Å². The molecule has 140 valence electrons. The quantitative estimate of drug-likeness (QED) is 0.384. The summed E-state index contributed by atoms with van der Waals surface area (Å²) >= 11 is 0. The first-order chi connectivity index (χ1) is 11.5. The molecular formula is C20H30O5. The van der Waals surface area contributed by atoms with Crippen LogP contribution < -0.4 is 0 Å². The summed E-state index contributed by atoms with van der Waals surface area (Å²) in [5, 5.41) is 29.7. The molecule has 25 heavy (non-hydrogen) atoms. The summed E-state index contributed by atoms with van der Waals surface area (Å²) in [6, 6.07) is 0. The zero-order valence-corrected chi connectivity index (χ0v) is 15.7. The van der Waals surface area contributed by atoms with Crippen molar-refractivity contribution in [1.82, 2.24) is 0 Å². The van der Waals surface area contributed by atoms with Crippen LogP contribution in [0.1, 0.15) is 47.5 Å². The fraction of sp³-hybridized carbons (Fsp3) is 0.650. The first-order valence-corrected chi connectivity index (χ1v) is 8.81. The van der Waals surface area contributed by atoms with Crippen molar-refractivity contribution in [3.05, 3.63) is 35.5 Å². The van der Waals surface area contributed by atoms with Crippen molar-refractivity contribution in [3.63, 3.8) is 0 Å². The Morgan fingerprint density at radius 1 is 1.12 bits per heavy atom. The summed E-state index contributed by atoms with van der Waals surface area (Å²) in [6.45, 7) is 9.46. The highest BCUT2D eigenvalue weighted by Crippen LogP contribution is 2.61. The van der Waals surface area contributed by atoms with Crippen LogP contribution in [-0.2, 0) is 9.68 Å². The first kappa shape index (κ1) is 20.0. The normalized spacial score (nSPS) is 44.6. The maximum atomic E-state index is 12.4. The molecule has 0 aromatic carbocycles. The molecule has 5 heteroatoms. The molecule has 2 aliphatic carbocycles. The SMILES string of the molecule is C/C1=C\[C@@H]2[C@H](CCC(C)(OO)/C=C/C(O)/C(C)=C/C(O)C1=O)C2(C)C. The molecule has 1 saturated carbocycles. The number of allylic oxidation sites excluding steroid dienone is 1. The largest absolute Gasteiger partial charge is 0.385 e. The van der Waals surface area contributed by atoms with Crippen LogP contribution in [0, 0.1) is 17.3 Å². The summed E-state index contributed by atoms with van der Waals surface area (Å²) in [5.74, 6) is 0.298. The standard InChI is InChI=1S/C20H30O5/c1-12-11-17(22)18(23)13(2)10-15-14(19(15,3)4)6-8-20(5,25-24)9-7-16(12)21/h7,9-11,14-17,21-22,24H,6,8H2,1-5H3/b9-7+,12-11+,13-10+/t14-,15+,16?,17?,20?/m0/s1. The molecule has 5 atom stereocenters. The Morgan fingerprint density at radius 3 is 2.36 bits per heavy atom. The second-order valence-electron chi connectivity index (χ2n) is 8.27. The van der Waals surface area contributed by atoms with E-state index in [9.17, 15) is 20.3 Å². The van der Waals surface area contributed by atoms with Gasteiger partial charge in [0.05, 0.1) is 6.10 Å². The van der Waals surface area contributed by atoms with Crippen molar-refractivity contribution in [2.45, 2.75) is 65.3 Å². The van der Waals surface area contributed by atoms with Gasteiger partial charge in [-0.3, -0.25) is 10.1 Å². The molecule has 0 spiro atoms. The van der Waals surface area contributed by atoms with E-state index in [-0.39, 0.29) is 17.1 Å². The molecule has 0 amide bonds. The third kappa shape index (κ3) is 4.29. The molecule has 0 saturated heterocycles. The van der Waals surface area contributed by atoms with E-state index in [1.807, 2.05) is 6.08 Å². The Morgan fingerprint density at radius 2 is 1.76 bits per heavy atom. The van der Waals surface area contributed by atoms with Gasteiger partial charge in [-0.1, -0.05) is 32.1 Å². The molecule has 3 N–H and O–H groups in total. The third-order valence-electron chi connectivity index (χ3n) is 5.90. The van der Waals surface area contributed by atoms with Crippen molar-refractivity contribution in [2.24, 2.45) is 17.3 Å². The number of fused-ring (bicyclic) bond motifs is 1. The van der Waals surface area contributed by atoms with Gasteiger partial charge < -0.3 is 10.2 Å². The smallest absolute Gasteiger partial charge is 0.190 e. The number of ketones is 1. The fourth-order valence-electron chi connectivity index (χ4n) is 3.72. The number of aliphatic hydroxyl groups excluding tert-OH is 2. The number of hydrogen-bond donors (Lipinski definition) is 3. The zero-order valence-electron chi connectivity index (χ0n) is 15.7. The van der Waals surface area contributed by atoms with E-state index >= 15 is 0 Å². The van der Waals surface area contributed by atoms with Gasteiger partial charge in [-0.15, -0.1) is 0 Å². The van der Waals surface area contributed by atoms with Crippen LogP contribution in [0.3, 0.4) is 0 Å². The van der Waals surface area contributed by atoms with Gasteiger partial charge in [0.15, 0.2) is 5.78 Å². The van der Waals surface area contributed by atoms with Crippen LogP contribution in [0.4, 0.5) is 0 Å². The Balaban J connectivity index is 2.38. The lowest BCUT2D eigenvalue weighted by atomic mass is 9.94. The molecule has 0 bridgehead atoms. The monoisotopic (exact) mass is 350 g/mol. The van der Waals surface area contributed by atoms with Crippen LogP contribution in [-0.4, -0.2) is 39.1 Å². The van der Waals surface area contributed by atoms with Crippen LogP contribution in [0.15, 0.2) is 35.5 Å². The van der Waals surface area contributed by atoms with Gasteiger partial charge in [-0.05, 0) is 68.1 Å². The molecule has 0 aromatic rings. The minimum Gasteiger partial charge on any atom is -0.385 e. The third-order valence-corrected chi connectivity index (χ3v) is 5.90. The Kier molecular flexibility index (Phi) is 5.74. The summed E-state index contributed by atoms with van der Waals surface area (Å²) in [6.07, 6.45) is 5.66. The van der Waals surface area contributed by atoms with Crippen LogP contribution >= 0.6 is 0 Å². The highest BCUT2D eigenvalue weighted by molar-refractivity contribution is 5.99. The van der Waals surface area contributed by atoms with Crippen molar-refractivity contribution in [1.29, 1.82) is 0 Å². The number of rotatable bonds is 1. The molecule has 0 aliphatic heterocycles. The van der Waals surface area contributed by atoms with Crippen LogP contribution in [0.5, 0.6) is 0 Å². The van der Waals surface area contributed by atoms with Gasteiger partial charge in [-0.2, -0.15) is 0 Å². The predicted octanol–water partition coefficient (Wildman–Crippen LogP) is 3.04. The predicted molar refractivity (Wildman–Crippen MR) is 95.8 cm³/mol. The maximum absolute atomic E-state index is 12.4. The Bertz CT molecular complexity index is 616. The average Bonchev–Trinajstić information content (AvgIpc) is 3.08. The number of hydrogen-bond acceptors (Lipinski definition) is 5. The molecule has 2 rings (SSSR count). The van der Waals surface area contributed by atoms with Crippen molar-refractivity contribution < 1.29 is 25.2 Å². The van der Waals surface area contributed by atoms with E-state index in [2.05, 4.69) is 18.7 Å². The Labute approximate surface area is 149 Å². The van der Waals surface area contributed by atoms with Crippen molar-refractivity contribution in [3.8, 4) is 0 Å². The van der Waals surface area contributed by atoms with Gasteiger partial charge in [0.2, 0.25) is 0 Å².